The summed E-state index contributed by atoms with van der Waals surface area (Å²) in [6.45, 7) is -0.0628. The average molecular weight is 236 g/mol. The Bertz CT molecular complexity index is 242. The van der Waals surface area contributed by atoms with Crippen LogP contribution in [0.3, 0.4) is 0 Å². The monoisotopic (exact) mass is 235 g/mol. The molecule has 1 N–H and O–H groups in total. The van der Waals surface area contributed by atoms with Gasteiger partial charge in [0, 0.05) is 18.7 Å². The van der Waals surface area contributed by atoms with Gasteiger partial charge in [-0.15, -0.1) is 11.6 Å². The fourth-order valence-corrected chi connectivity index (χ4v) is 0.975. The zero-order valence-electron chi connectivity index (χ0n) is 8.55. The number of ether oxygens (including phenoxy) is 1. The van der Waals surface area contributed by atoms with E-state index in [2.05, 4.69) is 10.1 Å². The molecule has 0 aromatic heterocycles. The van der Waals surface area contributed by atoms with Crippen molar-refractivity contribution in [1.29, 1.82) is 0 Å². The molecule has 0 rings (SSSR count). The molecule has 1 amide bonds. The SMILES string of the molecule is COC(=O)CCC(=O)CNC(=O)CCCl. The van der Waals surface area contributed by atoms with E-state index in [4.69, 9.17) is 11.6 Å². The van der Waals surface area contributed by atoms with Gasteiger partial charge >= 0.3 is 5.97 Å². The molecule has 15 heavy (non-hydrogen) atoms. The quantitative estimate of drug-likeness (QED) is 0.507. The predicted molar refractivity (Wildman–Crippen MR) is 54.6 cm³/mol. The largest absolute Gasteiger partial charge is 0.469 e. The van der Waals surface area contributed by atoms with Crippen molar-refractivity contribution in [2.24, 2.45) is 0 Å². The highest BCUT2D eigenvalue weighted by atomic mass is 35.5. The number of nitrogens with one attached hydrogen (secondary N) is 1. The summed E-state index contributed by atoms with van der Waals surface area (Å²) in [5.74, 6) is -0.683. The molecule has 86 valence electrons. The van der Waals surface area contributed by atoms with E-state index < -0.39 is 5.97 Å². The van der Waals surface area contributed by atoms with Crippen LogP contribution in [0.1, 0.15) is 19.3 Å². The summed E-state index contributed by atoms with van der Waals surface area (Å²) in [6.07, 6.45) is 0.306. The van der Waals surface area contributed by atoms with E-state index in [9.17, 15) is 14.4 Å². The Balaban J connectivity index is 3.57. The first-order chi connectivity index (χ1) is 7.10. The first kappa shape index (κ1) is 13.9. The molecule has 0 atom stereocenters. The van der Waals surface area contributed by atoms with E-state index in [-0.39, 0.29) is 43.4 Å². The van der Waals surface area contributed by atoms with Gasteiger partial charge in [-0.1, -0.05) is 0 Å². The molecule has 0 radical (unpaired) electrons. The van der Waals surface area contributed by atoms with Crippen molar-refractivity contribution in [2.45, 2.75) is 19.3 Å². The minimum Gasteiger partial charge on any atom is -0.469 e. The molecule has 0 aromatic carbocycles. The second kappa shape index (κ2) is 8.23. The first-order valence-electron chi connectivity index (χ1n) is 4.51. The molecule has 0 aromatic rings. The number of esters is 1. The molecule has 0 bridgehead atoms. The standard InChI is InChI=1S/C9H14ClNO4/c1-15-9(14)3-2-7(12)6-11-8(13)4-5-10/h2-6H2,1H3,(H,11,13). The number of halogens is 1. The van der Waals surface area contributed by atoms with Crippen molar-refractivity contribution in [3.05, 3.63) is 0 Å². The summed E-state index contributed by atoms with van der Waals surface area (Å²) in [4.78, 5) is 32.7. The van der Waals surface area contributed by atoms with Gasteiger partial charge in [-0.25, -0.2) is 0 Å². The van der Waals surface area contributed by atoms with Gasteiger partial charge in [0.05, 0.1) is 20.1 Å². The maximum atomic E-state index is 11.1. The van der Waals surface area contributed by atoms with Gasteiger partial charge in [0.25, 0.3) is 0 Å². The van der Waals surface area contributed by atoms with Crippen LogP contribution in [0.2, 0.25) is 0 Å². The van der Waals surface area contributed by atoms with Gasteiger partial charge in [0.2, 0.25) is 5.91 Å². The molecule has 0 saturated heterocycles. The third-order valence-corrected chi connectivity index (χ3v) is 1.83. The van der Waals surface area contributed by atoms with Crippen LogP contribution in [-0.2, 0) is 19.1 Å². The smallest absolute Gasteiger partial charge is 0.305 e. The first-order valence-corrected chi connectivity index (χ1v) is 5.04. The molecule has 0 fully saturated rings. The third kappa shape index (κ3) is 7.93. The van der Waals surface area contributed by atoms with E-state index in [0.717, 1.165) is 0 Å². The highest BCUT2D eigenvalue weighted by molar-refractivity contribution is 6.18. The van der Waals surface area contributed by atoms with Crippen molar-refractivity contribution in [1.82, 2.24) is 5.32 Å². The molecule has 0 aliphatic heterocycles. The third-order valence-electron chi connectivity index (χ3n) is 1.64. The van der Waals surface area contributed by atoms with Crippen molar-refractivity contribution in [3.63, 3.8) is 0 Å². The molecule has 0 saturated carbocycles. The van der Waals surface area contributed by atoms with Crippen molar-refractivity contribution in [2.75, 3.05) is 19.5 Å². The van der Waals surface area contributed by atoms with Gasteiger partial charge in [-0.3, -0.25) is 14.4 Å². The second-order valence-corrected chi connectivity index (χ2v) is 3.21. The number of methoxy groups -OCH3 is 1. The Morgan fingerprint density at radius 1 is 1.20 bits per heavy atom. The van der Waals surface area contributed by atoms with E-state index in [1.807, 2.05) is 0 Å². The maximum Gasteiger partial charge on any atom is 0.305 e. The molecule has 0 aliphatic carbocycles. The minimum absolute atomic E-state index is 0.0424. The van der Waals surface area contributed by atoms with E-state index in [0.29, 0.717) is 0 Å². The van der Waals surface area contributed by atoms with Crippen LogP contribution < -0.4 is 5.32 Å². The van der Waals surface area contributed by atoms with Crippen LogP contribution in [0, 0.1) is 0 Å². The molecule has 0 heterocycles. The van der Waals surface area contributed by atoms with Crippen LogP contribution in [-0.4, -0.2) is 37.2 Å². The number of Topliss-reactive ketones (excluding diaryl/α,β-unsaturated/α-hetero) is 1. The fourth-order valence-electron chi connectivity index (χ4n) is 0.803. The van der Waals surface area contributed by atoms with Gasteiger partial charge in [-0.05, 0) is 0 Å². The average Bonchev–Trinajstić information content (AvgIpc) is 2.23. The number of hydrogen-bond donors (Lipinski definition) is 1. The van der Waals surface area contributed by atoms with E-state index >= 15 is 0 Å². The number of carbonyl (C=O) groups excluding carboxylic acids is 3. The highest BCUT2D eigenvalue weighted by Gasteiger charge is 2.08. The van der Waals surface area contributed by atoms with Crippen LogP contribution in [0.4, 0.5) is 0 Å². The summed E-state index contributed by atoms with van der Waals surface area (Å²) >= 11 is 5.33. The lowest BCUT2D eigenvalue weighted by molar-refractivity contribution is -0.141. The number of amides is 1. The van der Waals surface area contributed by atoms with Crippen LogP contribution in [0.5, 0.6) is 0 Å². The Hall–Kier alpha value is -1.10. The maximum absolute atomic E-state index is 11.1. The second-order valence-electron chi connectivity index (χ2n) is 2.83. The summed E-state index contributed by atoms with van der Waals surface area (Å²) in [7, 11) is 1.26. The molecule has 0 aliphatic rings. The normalized spacial score (nSPS) is 9.47. The molecule has 0 spiro atoms. The lowest BCUT2D eigenvalue weighted by atomic mass is 10.2. The van der Waals surface area contributed by atoms with Crippen molar-refractivity contribution < 1.29 is 19.1 Å². The Kier molecular flexibility index (Phi) is 7.62. The van der Waals surface area contributed by atoms with Gasteiger partial charge < -0.3 is 10.1 Å². The van der Waals surface area contributed by atoms with Crippen molar-refractivity contribution in [3.8, 4) is 0 Å². The number of rotatable bonds is 7. The zero-order chi connectivity index (χ0) is 11.7. The molecular weight excluding hydrogens is 222 g/mol. The van der Waals surface area contributed by atoms with Gasteiger partial charge in [0.1, 0.15) is 0 Å². The Labute approximate surface area is 93.1 Å². The number of alkyl halides is 1. The van der Waals surface area contributed by atoms with E-state index in [1.165, 1.54) is 7.11 Å². The molecule has 5 nitrogen and oxygen atoms in total. The number of carbonyl (C=O) groups is 3. The molecule has 6 heteroatoms. The highest BCUT2D eigenvalue weighted by Crippen LogP contribution is 1.93. The lowest BCUT2D eigenvalue weighted by Crippen LogP contribution is -2.29. The summed E-state index contributed by atoms with van der Waals surface area (Å²) in [5, 5.41) is 2.40. The van der Waals surface area contributed by atoms with Gasteiger partial charge in [-0.2, -0.15) is 0 Å². The number of hydrogen-bond acceptors (Lipinski definition) is 4. The van der Waals surface area contributed by atoms with E-state index in [1.54, 1.807) is 0 Å². The molecular formula is C9H14ClNO4. The molecule has 0 unspecified atom stereocenters. The lowest BCUT2D eigenvalue weighted by Gasteiger charge is -2.02. The fraction of sp³-hybridized carbons (Fsp3) is 0.667. The Morgan fingerprint density at radius 3 is 2.40 bits per heavy atom. The van der Waals surface area contributed by atoms with Crippen LogP contribution in [0.25, 0.3) is 0 Å². The number of ketones is 1. The van der Waals surface area contributed by atoms with Crippen molar-refractivity contribution >= 4 is 29.3 Å². The van der Waals surface area contributed by atoms with Crippen LogP contribution >= 0.6 is 11.6 Å². The summed E-state index contributed by atoms with van der Waals surface area (Å²) < 4.78 is 4.37. The topological polar surface area (TPSA) is 72.5 Å². The predicted octanol–water partition coefficient (Wildman–Crippen LogP) is 0.254. The Morgan fingerprint density at radius 2 is 1.87 bits per heavy atom. The minimum atomic E-state index is -0.435. The summed E-state index contributed by atoms with van der Waals surface area (Å²) in [5.41, 5.74) is 0. The van der Waals surface area contributed by atoms with Crippen LogP contribution in [0.15, 0.2) is 0 Å². The zero-order valence-corrected chi connectivity index (χ0v) is 9.30. The van der Waals surface area contributed by atoms with Gasteiger partial charge in [0.15, 0.2) is 5.78 Å². The summed E-state index contributed by atoms with van der Waals surface area (Å²) in [6, 6.07) is 0.